The molecule has 1 aliphatic heterocycles. The van der Waals surface area contributed by atoms with Gasteiger partial charge in [-0.05, 0) is 31.5 Å². The van der Waals surface area contributed by atoms with Crippen molar-refractivity contribution in [2.45, 2.75) is 18.9 Å². The number of hydrogen-bond acceptors (Lipinski definition) is 4. The Balaban J connectivity index is 1.76. The van der Waals surface area contributed by atoms with Crippen LogP contribution in [0.3, 0.4) is 0 Å². The molecule has 0 aromatic heterocycles. The van der Waals surface area contributed by atoms with Crippen molar-refractivity contribution >= 4 is 11.9 Å². The number of nitrogens with one attached hydrogen (secondary N) is 1. The van der Waals surface area contributed by atoms with Gasteiger partial charge in [0.2, 0.25) is 5.91 Å². The molecule has 2 rings (SSSR count). The fourth-order valence-corrected chi connectivity index (χ4v) is 2.47. The third kappa shape index (κ3) is 4.61. The van der Waals surface area contributed by atoms with E-state index in [1.54, 1.807) is 0 Å². The molecule has 0 radical (unpaired) electrons. The molecule has 1 aliphatic rings. The Morgan fingerprint density at radius 3 is 2.86 bits per heavy atom. The Labute approximate surface area is 130 Å². The van der Waals surface area contributed by atoms with Gasteiger partial charge in [0.25, 0.3) is 0 Å². The normalized spacial score (nSPS) is 17.4. The Morgan fingerprint density at radius 2 is 2.14 bits per heavy atom. The largest absolute Gasteiger partial charge is 0.468 e. The lowest BCUT2D eigenvalue weighted by Crippen LogP contribution is -2.43. The first-order valence-corrected chi connectivity index (χ1v) is 7.33. The summed E-state index contributed by atoms with van der Waals surface area (Å²) < 4.78 is 4.76. The summed E-state index contributed by atoms with van der Waals surface area (Å²) in [7, 11) is 1.37. The first kappa shape index (κ1) is 16.1. The number of ether oxygens (including phenoxy) is 1. The molecule has 0 bridgehead atoms. The second-order valence-corrected chi connectivity index (χ2v) is 5.10. The van der Waals surface area contributed by atoms with Gasteiger partial charge in [0.15, 0.2) is 0 Å². The topological polar surface area (TPSA) is 58.6 Å². The highest BCUT2D eigenvalue weighted by molar-refractivity contribution is 5.81. The minimum absolute atomic E-state index is 0.127. The molecule has 5 heteroatoms. The van der Waals surface area contributed by atoms with Crippen LogP contribution in [0.15, 0.2) is 30.3 Å². The molecule has 1 fully saturated rings. The van der Waals surface area contributed by atoms with Crippen LogP contribution < -0.4 is 5.32 Å². The number of carbonyl (C=O) groups is 2. The van der Waals surface area contributed by atoms with Crippen LogP contribution in [0.1, 0.15) is 18.4 Å². The maximum absolute atomic E-state index is 11.9. The van der Waals surface area contributed by atoms with Crippen LogP contribution in [0, 0.1) is 11.8 Å². The quantitative estimate of drug-likeness (QED) is 0.660. The average Bonchev–Trinajstić information content (AvgIpc) is 3.00. The predicted octanol–water partition coefficient (Wildman–Crippen LogP) is 0.792. The number of esters is 1. The summed E-state index contributed by atoms with van der Waals surface area (Å²) in [6.45, 7) is 1.24. The number of methoxy groups -OCH3 is 1. The van der Waals surface area contributed by atoms with Crippen LogP contribution in [0.25, 0.3) is 0 Å². The van der Waals surface area contributed by atoms with E-state index in [1.165, 1.54) is 7.11 Å². The van der Waals surface area contributed by atoms with Gasteiger partial charge in [0.1, 0.15) is 6.04 Å². The minimum atomic E-state index is -0.300. The number of benzene rings is 1. The van der Waals surface area contributed by atoms with Crippen LogP contribution in [-0.4, -0.2) is 49.6 Å². The van der Waals surface area contributed by atoms with Crippen LogP contribution in [-0.2, 0) is 14.3 Å². The first-order valence-electron chi connectivity index (χ1n) is 7.33. The van der Waals surface area contributed by atoms with Gasteiger partial charge in [-0.15, -0.1) is 0 Å². The number of rotatable bonds is 4. The van der Waals surface area contributed by atoms with Crippen molar-refractivity contribution in [3.8, 4) is 11.8 Å². The molecule has 5 nitrogen and oxygen atoms in total. The van der Waals surface area contributed by atoms with E-state index < -0.39 is 0 Å². The number of carbonyl (C=O) groups excluding carboxylic acids is 2. The lowest BCUT2D eigenvalue weighted by Gasteiger charge is -2.21. The van der Waals surface area contributed by atoms with E-state index >= 15 is 0 Å². The van der Waals surface area contributed by atoms with Crippen molar-refractivity contribution < 1.29 is 14.3 Å². The average molecular weight is 300 g/mol. The molecule has 1 atom stereocenters. The summed E-state index contributed by atoms with van der Waals surface area (Å²) >= 11 is 0. The first-order chi connectivity index (χ1) is 10.7. The molecule has 1 saturated heterocycles. The molecule has 1 aromatic carbocycles. The number of amides is 1. The van der Waals surface area contributed by atoms with Gasteiger partial charge in [-0.3, -0.25) is 14.5 Å². The van der Waals surface area contributed by atoms with Crippen LogP contribution >= 0.6 is 0 Å². The monoisotopic (exact) mass is 300 g/mol. The summed E-state index contributed by atoms with van der Waals surface area (Å²) in [5, 5.41) is 2.75. The zero-order valence-corrected chi connectivity index (χ0v) is 12.7. The maximum atomic E-state index is 11.9. The van der Waals surface area contributed by atoms with Crippen molar-refractivity contribution in [1.82, 2.24) is 10.2 Å². The minimum Gasteiger partial charge on any atom is -0.468 e. The highest BCUT2D eigenvalue weighted by Gasteiger charge is 2.32. The molecule has 1 unspecified atom stereocenters. The molecule has 0 spiro atoms. The Morgan fingerprint density at radius 1 is 1.36 bits per heavy atom. The van der Waals surface area contributed by atoms with E-state index in [-0.39, 0.29) is 24.5 Å². The van der Waals surface area contributed by atoms with Crippen molar-refractivity contribution in [3.63, 3.8) is 0 Å². The van der Waals surface area contributed by atoms with Crippen molar-refractivity contribution in [3.05, 3.63) is 35.9 Å². The van der Waals surface area contributed by atoms with E-state index in [0.717, 1.165) is 24.9 Å². The smallest absolute Gasteiger partial charge is 0.323 e. The fourth-order valence-electron chi connectivity index (χ4n) is 2.47. The predicted molar refractivity (Wildman–Crippen MR) is 82.9 cm³/mol. The summed E-state index contributed by atoms with van der Waals surface area (Å²) in [5.41, 5.74) is 0.919. The van der Waals surface area contributed by atoms with Crippen molar-refractivity contribution in [1.29, 1.82) is 0 Å². The summed E-state index contributed by atoms with van der Waals surface area (Å²) in [6, 6.07) is 9.30. The SMILES string of the molecule is COC(=O)C1CCCN1CC(=O)NCC#Cc1ccccc1. The van der Waals surface area contributed by atoms with E-state index in [1.807, 2.05) is 35.2 Å². The van der Waals surface area contributed by atoms with Crippen LogP contribution in [0.4, 0.5) is 0 Å². The van der Waals surface area contributed by atoms with Crippen molar-refractivity contribution in [2.24, 2.45) is 0 Å². The Bertz CT molecular complexity index is 575. The number of likely N-dealkylation sites (tertiary alicyclic amines) is 1. The van der Waals surface area contributed by atoms with Crippen molar-refractivity contribution in [2.75, 3.05) is 26.7 Å². The number of nitrogens with zero attached hydrogens (tertiary/aromatic N) is 1. The summed E-state index contributed by atoms with van der Waals surface area (Å²) in [4.78, 5) is 25.4. The third-order valence-electron chi connectivity index (χ3n) is 3.56. The molecular weight excluding hydrogens is 280 g/mol. The standard InChI is InChI=1S/C17H20N2O3/c1-22-17(21)15-10-6-12-19(15)13-16(20)18-11-5-9-14-7-3-2-4-8-14/h2-4,7-8,15H,6,10-13H2,1H3,(H,18,20). The van der Waals surface area contributed by atoms with Gasteiger partial charge in [-0.2, -0.15) is 0 Å². The summed E-state index contributed by atoms with van der Waals surface area (Å²) in [5.74, 6) is 5.49. The Hall–Kier alpha value is -2.32. The molecule has 1 N–H and O–H groups in total. The van der Waals surface area contributed by atoms with Gasteiger partial charge in [0.05, 0.1) is 20.2 Å². The second kappa shape index (κ2) is 8.20. The molecule has 0 saturated carbocycles. The maximum Gasteiger partial charge on any atom is 0.323 e. The highest BCUT2D eigenvalue weighted by atomic mass is 16.5. The highest BCUT2D eigenvalue weighted by Crippen LogP contribution is 2.17. The van der Waals surface area contributed by atoms with Gasteiger partial charge in [-0.25, -0.2) is 0 Å². The van der Waals surface area contributed by atoms with E-state index in [2.05, 4.69) is 17.2 Å². The molecule has 1 aromatic rings. The van der Waals surface area contributed by atoms with E-state index in [9.17, 15) is 9.59 Å². The number of hydrogen-bond donors (Lipinski definition) is 1. The molecule has 116 valence electrons. The second-order valence-electron chi connectivity index (χ2n) is 5.10. The molecule has 1 heterocycles. The van der Waals surface area contributed by atoms with E-state index in [0.29, 0.717) is 6.54 Å². The zero-order chi connectivity index (χ0) is 15.8. The molecule has 22 heavy (non-hydrogen) atoms. The van der Waals surface area contributed by atoms with Gasteiger partial charge in [0, 0.05) is 5.56 Å². The van der Waals surface area contributed by atoms with Crippen LogP contribution in [0.2, 0.25) is 0 Å². The van der Waals surface area contributed by atoms with Gasteiger partial charge >= 0.3 is 5.97 Å². The molecule has 0 aliphatic carbocycles. The fraction of sp³-hybridized carbons (Fsp3) is 0.412. The Kier molecular flexibility index (Phi) is 5.99. The molecule has 1 amide bonds. The summed E-state index contributed by atoms with van der Waals surface area (Å²) in [6.07, 6.45) is 1.65. The third-order valence-corrected chi connectivity index (χ3v) is 3.56. The van der Waals surface area contributed by atoms with Gasteiger partial charge < -0.3 is 10.1 Å². The van der Waals surface area contributed by atoms with E-state index in [4.69, 9.17) is 4.74 Å². The lowest BCUT2D eigenvalue weighted by molar-refractivity contribution is -0.146. The van der Waals surface area contributed by atoms with Crippen LogP contribution in [0.5, 0.6) is 0 Å². The molecular formula is C17H20N2O3. The zero-order valence-electron chi connectivity index (χ0n) is 12.7. The lowest BCUT2D eigenvalue weighted by atomic mass is 10.2. The van der Waals surface area contributed by atoms with Gasteiger partial charge in [-0.1, -0.05) is 30.0 Å².